The van der Waals surface area contributed by atoms with E-state index in [-0.39, 0.29) is 5.91 Å². The van der Waals surface area contributed by atoms with Crippen LogP contribution in [0.2, 0.25) is 0 Å². The minimum absolute atomic E-state index is 0.130. The zero-order chi connectivity index (χ0) is 19.2. The first kappa shape index (κ1) is 18.9. The van der Waals surface area contributed by atoms with Crippen molar-refractivity contribution >= 4 is 23.2 Å². The molecule has 0 bridgehead atoms. The summed E-state index contributed by atoms with van der Waals surface area (Å²) in [4.78, 5) is 22.5. The van der Waals surface area contributed by atoms with E-state index in [2.05, 4.69) is 32.4 Å². The van der Waals surface area contributed by atoms with Crippen molar-refractivity contribution < 1.29 is 9.53 Å². The maximum absolute atomic E-state index is 11.4. The Labute approximate surface area is 160 Å². The van der Waals surface area contributed by atoms with E-state index in [9.17, 15) is 4.79 Å². The molecular weight excluding hydrogens is 342 g/mol. The standard InChI is InChI=1S/C20H27N5O2/c1-14-5-4-8-25(12-14)20-10-19(22-13-23-20)21-11-16-6-7-18(27-3)17(9-16)24-15(2)26/h6-7,9-10,13-14H,4-5,8,11-12H2,1-3H3,(H,24,26)(H,21,22,23). The first-order valence-electron chi connectivity index (χ1n) is 9.30. The number of piperidine rings is 1. The predicted molar refractivity (Wildman–Crippen MR) is 107 cm³/mol. The van der Waals surface area contributed by atoms with Gasteiger partial charge in [0.05, 0.1) is 12.8 Å². The van der Waals surface area contributed by atoms with Crippen LogP contribution in [0.25, 0.3) is 0 Å². The number of carbonyl (C=O) groups excluding carboxylic acids is 1. The Morgan fingerprint density at radius 3 is 2.93 bits per heavy atom. The number of nitrogens with zero attached hydrogens (tertiary/aromatic N) is 3. The maximum atomic E-state index is 11.4. The van der Waals surface area contributed by atoms with E-state index < -0.39 is 0 Å². The molecule has 1 aliphatic rings. The fraction of sp³-hybridized carbons (Fsp3) is 0.450. The van der Waals surface area contributed by atoms with Gasteiger partial charge < -0.3 is 20.3 Å². The first-order chi connectivity index (χ1) is 13.0. The van der Waals surface area contributed by atoms with Gasteiger partial charge in [-0.15, -0.1) is 0 Å². The molecule has 1 unspecified atom stereocenters. The number of benzene rings is 1. The van der Waals surface area contributed by atoms with Gasteiger partial charge in [-0.1, -0.05) is 13.0 Å². The van der Waals surface area contributed by atoms with Crippen LogP contribution in [0, 0.1) is 5.92 Å². The van der Waals surface area contributed by atoms with Crippen molar-refractivity contribution in [1.82, 2.24) is 9.97 Å². The number of rotatable bonds is 6. The van der Waals surface area contributed by atoms with Crippen molar-refractivity contribution in [2.45, 2.75) is 33.2 Å². The molecule has 1 aliphatic heterocycles. The highest BCUT2D eigenvalue weighted by Crippen LogP contribution is 2.26. The Morgan fingerprint density at radius 2 is 2.19 bits per heavy atom. The van der Waals surface area contributed by atoms with Crippen LogP contribution in [0.1, 0.15) is 32.3 Å². The Morgan fingerprint density at radius 1 is 1.33 bits per heavy atom. The highest BCUT2D eigenvalue weighted by molar-refractivity contribution is 5.90. The molecule has 2 N–H and O–H groups in total. The van der Waals surface area contributed by atoms with Crippen molar-refractivity contribution in [3.63, 3.8) is 0 Å². The van der Waals surface area contributed by atoms with Crippen LogP contribution < -0.4 is 20.3 Å². The molecule has 1 fully saturated rings. The van der Waals surface area contributed by atoms with E-state index in [1.807, 2.05) is 24.3 Å². The quantitative estimate of drug-likeness (QED) is 0.813. The molecule has 0 aliphatic carbocycles. The van der Waals surface area contributed by atoms with E-state index in [1.54, 1.807) is 13.4 Å². The molecule has 7 nitrogen and oxygen atoms in total. The van der Waals surface area contributed by atoms with Gasteiger partial charge in [0.1, 0.15) is 23.7 Å². The summed E-state index contributed by atoms with van der Waals surface area (Å²) in [6.45, 7) is 6.43. The molecule has 1 amide bonds. The summed E-state index contributed by atoms with van der Waals surface area (Å²) < 4.78 is 5.29. The number of ether oxygens (including phenoxy) is 1. The van der Waals surface area contributed by atoms with Crippen LogP contribution in [0.3, 0.4) is 0 Å². The Bertz CT molecular complexity index is 796. The summed E-state index contributed by atoms with van der Waals surface area (Å²) in [6.07, 6.45) is 4.08. The van der Waals surface area contributed by atoms with Gasteiger partial charge in [-0.05, 0) is 36.5 Å². The lowest BCUT2D eigenvalue weighted by molar-refractivity contribution is -0.114. The van der Waals surface area contributed by atoms with E-state index >= 15 is 0 Å². The topological polar surface area (TPSA) is 79.4 Å². The third kappa shape index (κ3) is 5.09. The number of carbonyl (C=O) groups is 1. The normalized spacial score (nSPS) is 16.7. The molecule has 27 heavy (non-hydrogen) atoms. The number of amides is 1. The van der Waals surface area contributed by atoms with Gasteiger partial charge in [-0.25, -0.2) is 9.97 Å². The number of anilines is 3. The van der Waals surface area contributed by atoms with Crippen LogP contribution in [0.5, 0.6) is 5.75 Å². The zero-order valence-corrected chi connectivity index (χ0v) is 16.2. The monoisotopic (exact) mass is 369 g/mol. The molecule has 0 spiro atoms. The molecule has 0 radical (unpaired) electrons. The fourth-order valence-electron chi connectivity index (χ4n) is 3.36. The molecule has 1 atom stereocenters. The van der Waals surface area contributed by atoms with Crippen molar-refractivity contribution in [2.24, 2.45) is 5.92 Å². The molecule has 1 saturated heterocycles. The molecule has 2 aromatic rings. The van der Waals surface area contributed by atoms with Crippen molar-refractivity contribution in [3.05, 3.63) is 36.2 Å². The number of hydrogen-bond acceptors (Lipinski definition) is 6. The van der Waals surface area contributed by atoms with Gasteiger partial charge >= 0.3 is 0 Å². The lowest BCUT2D eigenvalue weighted by Crippen LogP contribution is -2.34. The van der Waals surface area contributed by atoms with Crippen LogP contribution in [0.4, 0.5) is 17.3 Å². The lowest BCUT2D eigenvalue weighted by atomic mass is 10.0. The second kappa shape index (κ2) is 8.70. The lowest BCUT2D eigenvalue weighted by Gasteiger charge is -2.31. The number of aromatic nitrogens is 2. The van der Waals surface area contributed by atoms with Crippen LogP contribution in [-0.4, -0.2) is 36.1 Å². The van der Waals surface area contributed by atoms with Gasteiger partial charge in [0.25, 0.3) is 0 Å². The third-order valence-corrected chi connectivity index (χ3v) is 4.68. The minimum Gasteiger partial charge on any atom is -0.495 e. The second-order valence-electron chi connectivity index (χ2n) is 7.02. The fourth-order valence-corrected chi connectivity index (χ4v) is 3.36. The minimum atomic E-state index is -0.130. The van der Waals surface area contributed by atoms with E-state index in [0.29, 0.717) is 23.9 Å². The third-order valence-electron chi connectivity index (χ3n) is 4.68. The average molecular weight is 369 g/mol. The Hall–Kier alpha value is -2.83. The Balaban J connectivity index is 1.68. The first-order valence-corrected chi connectivity index (χ1v) is 9.30. The average Bonchev–Trinajstić information content (AvgIpc) is 2.66. The van der Waals surface area contributed by atoms with E-state index in [1.165, 1.54) is 19.8 Å². The smallest absolute Gasteiger partial charge is 0.221 e. The van der Waals surface area contributed by atoms with Gasteiger partial charge in [0.15, 0.2) is 0 Å². The molecule has 1 aromatic heterocycles. The Kier molecular flexibility index (Phi) is 6.11. The molecular formula is C20H27N5O2. The predicted octanol–water partition coefficient (Wildman–Crippen LogP) is 3.29. The molecule has 1 aromatic carbocycles. The summed E-state index contributed by atoms with van der Waals surface area (Å²) in [5.41, 5.74) is 1.68. The number of nitrogens with one attached hydrogen (secondary N) is 2. The number of methoxy groups -OCH3 is 1. The summed E-state index contributed by atoms with van der Waals surface area (Å²) >= 11 is 0. The second-order valence-corrected chi connectivity index (χ2v) is 7.02. The molecule has 0 saturated carbocycles. The van der Waals surface area contributed by atoms with E-state index in [4.69, 9.17) is 4.74 Å². The van der Waals surface area contributed by atoms with Gasteiger partial charge in [-0.2, -0.15) is 0 Å². The SMILES string of the molecule is COc1ccc(CNc2cc(N3CCCC(C)C3)ncn2)cc1NC(C)=O. The van der Waals surface area contributed by atoms with Crippen molar-refractivity contribution in [2.75, 3.05) is 35.7 Å². The highest BCUT2D eigenvalue weighted by Gasteiger charge is 2.18. The van der Waals surface area contributed by atoms with Gasteiger partial charge in [0, 0.05) is 32.6 Å². The summed E-state index contributed by atoms with van der Waals surface area (Å²) in [6, 6.07) is 7.71. The van der Waals surface area contributed by atoms with Crippen LogP contribution in [0.15, 0.2) is 30.6 Å². The molecule has 144 valence electrons. The van der Waals surface area contributed by atoms with E-state index in [0.717, 1.165) is 30.3 Å². The summed E-state index contributed by atoms with van der Waals surface area (Å²) in [5, 5.41) is 6.13. The zero-order valence-electron chi connectivity index (χ0n) is 16.2. The summed E-state index contributed by atoms with van der Waals surface area (Å²) in [5.74, 6) is 2.95. The molecule has 3 rings (SSSR count). The molecule has 2 heterocycles. The van der Waals surface area contributed by atoms with Gasteiger partial charge in [-0.3, -0.25) is 4.79 Å². The highest BCUT2D eigenvalue weighted by atomic mass is 16.5. The largest absolute Gasteiger partial charge is 0.495 e. The van der Waals surface area contributed by atoms with Crippen LogP contribution in [-0.2, 0) is 11.3 Å². The number of hydrogen-bond donors (Lipinski definition) is 2. The van der Waals surface area contributed by atoms with Crippen molar-refractivity contribution in [3.8, 4) is 5.75 Å². The van der Waals surface area contributed by atoms with Crippen molar-refractivity contribution in [1.29, 1.82) is 0 Å². The van der Waals surface area contributed by atoms with Gasteiger partial charge in [0.2, 0.25) is 5.91 Å². The van der Waals surface area contributed by atoms with Crippen LogP contribution >= 0.6 is 0 Å². The molecule has 7 heteroatoms. The maximum Gasteiger partial charge on any atom is 0.221 e. The summed E-state index contributed by atoms with van der Waals surface area (Å²) in [7, 11) is 1.59.